The molecular weight excluding hydrogens is 363 g/mol. The standard InChI is InChI=1S/C13H17IN2O.ClH/c14-10-3-1-4-12(9-10)16-13(17)7-6-11-5-2-8-15-11;/h1,3-4,9,11,15H,2,5-8H2,(H,16,17);1H. The molecule has 1 aromatic rings. The summed E-state index contributed by atoms with van der Waals surface area (Å²) in [4.78, 5) is 11.7. The van der Waals surface area contributed by atoms with Crippen molar-refractivity contribution >= 4 is 46.6 Å². The third-order valence-corrected chi connectivity index (χ3v) is 3.66. The Labute approximate surface area is 128 Å². The SMILES string of the molecule is Cl.O=C(CCC1CCCN1)Nc1cccc(I)c1. The van der Waals surface area contributed by atoms with Crippen LogP contribution < -0.4 is 10.6 Å². The summed E-state index contributed by atoms with van der Waals surface area (Å²) in [6.07, 6.45) is 3.98. The molecule has 1 aliphatic heterocycles. The van der Waals surface area contributed by atoms with E-state index in [0.29, 0.717) is 12.5 Å². The van der Waals surface area contributed by atoms with Crippen LogP contribution >= 0.6 is 35.0 Å². The van der Waals surface area contributed by atoms with Crippen LogP contribution in [0, 0.1) is 3.57 Å². The van der Waals surface area contributed by atoms with Crippen molar-refractivity contribution in [3.8, 4) is 0 Å². The molecule has 1 amide bonds. The van der Waals surface area contributed by atoms with E-state index in [1.165, 1.54) is 12.8 Å². The number of hydrogen-bond acceptors (Lipinski definition) is 2. The molecule has 18 heavy (non-hydrogen) atoms. The maximum Gasteiger partial charge on any atom is 0.224 e. The Kier molecular flexibility index (Phi) is 6.96. The topological polar surface area (TPSA) is 41.1 Å². The smallest absolute Gasteiger partial charge is 0.224 e. The zero-order valence-corrected chi connectivity index (χ0v) is 13.1. The van der Waals surface area contributed by atoms with Crippen molar-refractivity contribution in [3.63, 3.8) is 0 Å². The van der Waals surface area contributed by atoms with Gasteiger partial charge in [0.25, 0.3) is 0 Å². The second-order valence-corrected chi connectivity index (χ2v) is 5.64. The van der Waals surface area contributed by atoms with Gasteiger partial charge in [-0.1, -0.05) is 6.07 Å². The van der Waals surface area contributed by atoms with Crippen LogP contribution in [0.1, 0.15) is 25.7 Å². The third-order valence-electron chi connectivity index (χ3n) is 2.99. The normalized spacial score (nSPS) is 18.2. The molecule has 0 saturated carbocycles. The van der Waals surface area contributed by atoms with E-state index in [4.69, 9.17) is 0 Å². The summed E-state index contributed by atoms with van der Waals surface area (Å²) in [6, 6.07) is 8.41. The molecule has 1 atom stereocenters. The second kappa shape index (κ2) is 7.96. The minimum Gasteiger partial charge on any atom is -0.326 e. The molecule has 0 spiro atoms. The number of amides is 1. The predicted molar refractivity (Wildman–Crippen MR) is 85.3 cm³/mol. The van der Waals surface area contributed by atoms with Gasteiger partial charge in [-0.25, -0.2) is 0 Å². The van der Waals surface area contributed by atoms with Crippen LogP contribution in [0.2, 0.25) is 0 Å². The Balaban J connectivity index is 0.00000162. The van der Waals surface area contributed by atoms with Crippen LogP contribution in [0.4, 0.5) is 5.69 Å². The van der Waals surface area contributed by atoms with E-state index in [0.717, 1.165) is 22.2 Å². The van der Waals surface area contributed by atoms with Crippen LogP contribution in [-0.4, -0.2) is 18.5 Å². The van der Waals surface area contributed by atoms with Gasteiger partial charge < -0.3 is 10.6 Å². The van der Waals surface area contributed by atoms with Gasteiger partial charge in [-0.3, -0.25) is 4.79 Å². The van der Waals surface area contributed by atoms with E-state index < -0.39 is 0 Å². The number of nitrogens with one attached hydrogen (secondary N) is 2. The number of benzene rings is 1. The molecule has 0 radical (unpaired) electrons. The Morgan fingerprint density at radius 2 is 2.33 bits per heavy atom. The fourth-order valence-electron chi connectivity index (χ4n) is 2.10. The largest absolute Gasteiger partial charge is 0.326 e. The Morgan fingerprint density at radius 3 is 3.00 bits per heavy atom. The van der Waals surface area contributed by atoms with Gasteiger partial charge in [0.2, 0.25) is 5.91 Å². The summed E-state index contributed by atoms with van der Waals surface area (Å²) in [6.45, 7) is 1.10. The summed E-state index contributed by atoms with van der Waals surface area (Å²) in [5, 5.41) is 6.34. The van der Waals surface area contributed by atoms with E-state index in [2.05, 4.69) is 33.2 Å². The zero-order chi connectivity index (χ0) is 12.1. The van der Waals surface area contributed by atoms with Crippen molar-refractivity contribution in [1.29, 1.82) is 0 Å². The fraction of sp³-hybridized carbons (Fsp3) is 0.462. The highest BCUT2D eigenvalue weighted by atomic mass is 127. The Bertz CT molecular complexity index is 394. The lowest BCUT2D eigenvalue weighted by Crippen LogP contribution is -2.23. The molecule has 2 rings (SSSR count). The van der Waals surface area contributed by atoms with E-state index in [1.54, 1.807) is 0 Å². The minimum absolute atomic E-state index is 0. The van der Waals surface area contributed by atoms with Crippen LogP contribution in [0.3, 0.4) is 0 Å². The first-order valence-electron chi connectivity index (χ1n) is 6.03. The van der Waals surface area contributed by atoms with Gasteiger partial charge in [0.1, 0.15) is 0 Å². The molecule has 1 fully saturated rings. The predicted octanol–water partition coefficient (Wildman–Crippen LogP) is 3.18. The fourth-order valence-corrected chi connectivity index (χ4v) is 2.64. The van der Waals surface area contributed by atoms with Crippen LogP contribution in [0.25, 0.3) is 0 Å². The van der Waals surface area contributed by atoms with Crippen molar-refractivity contribution in [3.05, 3.63) is 27.8 Å². The lowest BCUT2D eigenvalue weighted by atomic mass is 10.1. The first-order chi connectivity index (χ1) is 8.24. The molecule has 1 aromatic carbocycles. The van der Waals surface area contributed by atoms with Crippen LogP contribution in [0.5, 0.6) is 0 Å². The first kappa shape index (κ1) is 15.7. The number of hydrogen-bond donors (Lipinski definition) is 2. The first-order valence-corrected chi connectivity index (χ1v) is 7.11. The number of halogens is 2. The summed E-state index contributed by atoms with van der Waals surface area (Å²) in [5.74, 6) is 0.112. The number of carbonyl (C=O) groups is 1. The average Bonchev–Trinajstić information content (AvgIpc) is 2.79. The maximum absolute atomic E-state index is 11.7. The van der Waals surface area contributed by atoms with E-state index >= 15 is 0 Å². The van der Waals surface area contributed by atoms with E-state index in [-0.39, 0.29) is 18.3 Å². The Hall–Kier alpha value is -0.330. The van der Waals surface area contributed by atoms with Gasteiger partial charge in [-0.2, -0.15) is 0 Å². The highest BCUT2D eigenvalue weighted by Crippen LogP contribution is 2.14. The highest BCUT2D eigenvalue weighted by molar-refractivity contribution is 14.1. The molecule has 3 nitrogen and oxygen atoms in total. The average molecular weight is 381 g/mol. The molecule has 0 aliphatic carbocycles. The van der Waals surface area contributed by atoms with Crippen LogP contribution in [0.15, 0.2) is 24.3 Å². The van der Waals surface area contributed by atoms with Gasteiger partial charge in [0.05, 0.1) is 0 Å². The summed E-state index contributed by atoms with van der Waals surface area (Å²) >= 11 is 2.24. The number of anilines is 1. The molecule has 2 N–H and O–H groups in total. The van der Waals surface area contributed by atoms with Crippen molar-refractivity contribution in [1.82, 2.24) is 5.32 Å². The summed E-state index contributed by atoms with van der Waals surface area (Å²) in [7, 11) is 0. The van der Waals surface area contributed by atoms with Gasteiger partial charge in [-0.05, 0) is 66.6 Å². The van der Waals surface area contributed by atoms with Crippen molar-refractivity contribution in [2.24, 2.45) is 0 Å². The van der Waals surface area contributed by atoms with Gasteiger partial charge in [0, 0.05) is 21.7 Å². The molecular formula is C13H18ClIN2O. The molecule has 1 unspecified atom stereocenters. The van der Waals surface area contributed by atoms with Gasteiger partial charge >= 0.3 is 0 Å². The quantitative estimate of drug-likeness (QED) is 0.788. The molecule has 1 aliphatic rings. The molecule has 1 heterocycles. The molecule has 0 bridgehead atoms. The van der Waals surface area contributed by atoms with Crippen LogP contribution in [-0.2, 0) is 4.79 Å². The molecule has 5 heteroatoms. The summed E-state index contributed by atoms with van der Waals surface area (Å²) in [5.41, 5.74) is 0.890. The number of rotatable bonds is 4. The second-order valence-electron chi connectivity index (χ2n) is 4.39. The molecule has 1 saturated heterocycles. The Morgan fingerprint density at radius 1 is 1.50 bits per heavy atom. The van der Waals surface area contributed by atoms with Gasteiger partial charge in [-0.15, -0.1) is 12.4 Å². The number of carbonyl (C=O) groups excluding carboxylic acids is 1. The van der Waals surface area contributed by atoms with E-state index in [9.17, 15) is 4.79 Å². The molecule has 0 aromatic heterocycles. The van der Waals surface area contributed by atoms with Crippen molar-refractivity contribution in [2.45, 2.75) is 31.7 Å². The summed E-state index contributed by atoms with van der Waals surface area (Å²) < 4.78 is 1.14. The minimum atomic E-state index is 0. The zero-order valence-electron chi connectivity index (χ0n) is 10.1. The third kappa shape index (κ3) is 5.12. The maximum atomic E-state index is 11.7. The van der Waals surface area contributed by atoms with Crippen molar-refractivity contribution in [2.75, 3.05) is 11.9 Å². The van der Waals surface area contributed by atoms with E-state index in [1.807, 2.05) is 24.3 Å². The molecule has 100 valence electrons. The van der Waals surface area contributed by atoms with Gasteiger partial charge in [0.15, 0.2) is 0 Å². The monoisotopic (exact) mass is 380 g/mol. The van der Waals surface area contributed by atoms with Crippen molar-refractivity contribution < 1.29 is 4.79 Å². The highest BCUT2D eigenvalue weighted by Gasteiger charge is 2.15. The lowest BCUT2D eigenvalue weighted by Gasteiger charge is -2.10. The lowest BCUT2D eigenvalue weighted by molar-refractivity contribution is -0.116.